The van der Waals surface area contributed by atoms with Gasteiger partial charge in [-0.2, -0.15) is 5.10 Å². The van der Waals surface area contributed by atoms with E-state index in [9.17, 15) is 0 Å². The van der Waals surface area contributed by atoms with Gasteiger partial charge in [-0.25, -0.2) is 0 Å². The van der Waals surface area contributed by atoms with Crippen LogP contribution in [-0.4, -0.2) is 20.4 Å². The molecule has 0 aliphatic heterocycles. The summed E-state index contributed by atoms with van der Waals surface area (Å²) in [5, 5.41) is 6.23. The van der Waals surface area contributed by atoms with E-state index >= 15 is 0 Å². The molecule has 2 aromatic carbocycles. The molecule has 0 aromatic heterocycles. The Labute approximate surface area is 107 Å². The zero-order valence-electron chi connectivity index (χ0n) is 10.6. The second-order valence-electron chi connectivity index (χ2n) is 3.88. The lowest BCUT2D eigenvalue weighted by atomic mass is 10.2. The van der Waals surface area contributed by atoms with Crippen molar-refractivity contribution < 1.29 is 4.74 Å². The molecular formula is C15H16N2O. The van der Waals surface area contributed by atoms with Crippen molar-refractivity contribution in [3.63, 3.8) is 0 Å². The summed E-state index contributed by atoms with van der Waals surface area (Å²) in [5.41, 5.74) is 2.06. The first-order chi connectivity index (χ1) is 8.79. The summed E-state index contributed by atoms with van der Waals surface area (Å²) in [7, 11) is 3.58. The molecule has 0 spiro atoms. The van der Waals surface area contributed by atoms with Crippen LogP contribution in [-0.2, 0) is 0 Å². The normalized spacial score (nSPS) is 10.6. The lowest BCUT2D eigenvalue weighted by Crippen LogP contribution is -2.08. The molecule has 0 bridgehead atoms. The van der Waals surface area contributed by atoms with Gasteiger partial charge >= 0.3 is 0 Å². The lowest BCUT2D eigenvalue weighted by Gasteiger charge is -2.12. The zero-order chi connectivity index (χ0) is 12.8. The molecule has 92 valence electrons. The molecule has 0 fully saturated rings. The average Bonchev–Trinajstić information content (AvgIpc) is 2.46. The van der Waals surface area contributed by atoms with E-state index in [1.165, 1.54) is 0 Å². The Hall–Kier alpha value is -2.29. The highest BCUT2D eigenvalue weighted by atomic mass is 16.5. The van der Waals surface area contributed by atoms with Crippen LogP contribution in [0.3, 0.4) is 0 Å². The van der Waals surface area contributed by atoms with Gasteiger partial charge in [0.1, 0.15) is 5.75 Å². The van der Waals surface area contributed by atoms with Crippen molar-refractivity contribution in [2.45, 2.75) is 0 Å². The quantitative estimate of drug-likeness (QED) is 0.605. The summed E-state index contributed by atoms with van der Waals surface area (Å²) < 4.78 is 5.17. The molecule has 0 amide bonds. The number of rotatable bonds is 4. The average molecular weight is 240 g/mol. The number of methoxy groups -OCH3 is 1. The molecule has 0 saturated carbocycles. The van der Waals surface area contributed by atoms with Gasteiger partial charge in [0.15, 0.2) is 0 Å². The van der Waals surface area contributed by atoms with Crippen LogP contribution in [0.25, 0.3) is 0 Å². The van der Waals surface area contributed by atoms with Crippen molar-refractivity contribution >= 4 is 11.9 Å². The molecule has 18 heavy (non-hydrogen) atoms. The fourth-order valence-electron chi connectivity index (χ4n) is 1.59. The van der Waals surface area contributed by atoms with E-state index in [-0.39, 0.29) is 0 Å². The largest absolute Gasteiger partial charge is 0.497 e. The van der Waals surface area contributed by atoms with Gasteiger partial charge in [-0.05, 0) is 29.8 Å². The van der Waals surface area contributed by atoms with Crippen LogP contribution in [0.15, 0.2) is 59.7 Å². The summed E-state index contributed by atoms with van der Waals surface area (Å²) in [4.78, 5) is 0. The van der Waals surface area contributed by atoms with E-state index < -0.39 is 0 Å². The molecule has 0 atom stereocenters. The minimum atomic E-state index is 0.835. The van der Waals surface area contributed by atoms with Crippen LogP contribution < -0.4 is 9.75 Å². The van der Waals surface area contributed by atoms with Crippen LogP contribution in [0.5, 0.6) is 5.75 Å². The van der Waals surface area contributed by atoms with Crippen LogP contribution >= 0.6 is 0 Å². The van der Waals surface area contributed by atoms with Crippen molar-refractivity contribution in [1.29, 1.82) is 0 Å². The SMILES string of the molecule is COc1cccc(/C=N\N(C)c2ccccc2)c1. The molecule has 0 aliphatic rings. The summed E-state index contributed by atoms with van der Waals surface area (Å²) in [6, 6.07) is 17.8. The second-order valence-corrected chi connectivity index (χ2v) is 3.88. The molecule has 0 N–H and O–H groups in total. The van der Waals surface area contributed by atoms with Gasteiger partial charge in [0.2, 0.25) is 0 Å². The van der Waals surface area contributed by atoms with Gasteiger partial charge in [0, 0.05) is 7.05 Å². The van der Waals surface area contributed by atoms with Gasteiger partial charge in [-0.3, -0.25) is 5.01 Å². The van der Waals surface area contributed by atoms with Gasteiger partial charge in [0.05, 0.1) is 19.0 Å². The molecule has 0 saturated heterocycles. The number of para-hydroxylation sites is 1. The van der Waals surface area contributed by atoms with Crippen molar-refractivity contribution in [1.82, 2.24) is 0 Å². The Kier molecular flexibility index (Phi) is 3.97. The van der Waals surface area contributed by atoms with Crippen molar-refractivity contribution in [2.24, 2.45) is 5.10 Å². The first-order valence-corrected chi connectivity index (χ1v) is 5.76. The summed E-state index contributed by atoms with van der Waals surface area (Å²) in [6.45, 7) is 0. The number of nitrogens with zero attached hydrogens (tertiary/aromatic N) is 2. The highest BCUT2D eigenvalue weighted by molar-refractivity contribution is 5.81. The van der Waals surface area contributed by atoms with Crippen molar-refractivity contribution in [3.8, 4) is 5.75 Å². The van der Waals surface area contributed by atoms with Crippen LogP contribution in [0.2, 0.25) is 0 Å². The highest BCUT2D eigenvalue weighted by Gasteiger charge is 1.96. The van der Waals surface area contributed by atoms with E-state index in [1.807, 2.05) is 72.9 Å². The van der Waals surface area contributed by atoms with Crippen LogP contribution in [0.1, 0.15) is 5.56 Å². The molecular weight excluding hydrogens is 224 g/mol. The molecule has 0 aliphatic carbocycles. The smallest absolute Gasteiger partial charge is 0.119 e. The van der Waals surface area contributed by atoms with Crippen molar-refractivity contribution in [3.05, 3.63) is 60.2 Å². The lowest BCUT2D eigenvalue weighted by molar-refractivity contribution is 0.415. The summed E-state index contributed by atoms with van der Waals surface area (Å²) in [6.07, 6.45) is 1.82. The number of benzene rings is 2. The van der Waals surface area contributed by atoms with Gasteiger partial charge < -0.3 is 4.74 Å². The van der Waals surface area contributed by atoms with Crippen LogP contribution in [0, 0.1) is 0 Å². The predicted molar refractivity (Wildman–Crippen MR) is 75.4 cm³/mol. The molecule has 2 aromatic rings. The van der Waals surface area contributed by atoms with Gasteiger partial charge in [0.25, 0.3) is 0 Å². The Balaban J connectivity index is 2.10. The fraction of sp³-hybridized carbons (Fsp3) is 0.133. The van der Waals surface area contributed by atoms with E-state index in [0.29, 0.717) is 0 Å². The van der Waals surface area contributed by atoms with E-state index in [4.69, 9.17) is 4.74 Å². The molecule has 0 unspecified atom stereocenters. The Morgan fingerprint density at radius 2 is 1.83 bits per heavy atom. The van der Waals surface area contributed by atoms with Gasteiger partial charge in [-0.15, -0.1) is 0 Å². The maximum atomic E-state index is 5.17. The number of anilines is 1. The topological polar surface area (TPSA) is 24.8 Å². The van der Waals surface area contributed by atoms with E-state index in [0.717, 1.165) is 17.0 Å². The third-order valence-corrected chi connectivity index (χ3v) is 2.60. The maximum absolute atomic E-state index is 5.17. The molecule has 0 radical (unpaired) electrons. The van der Waals surface area contributed by atoms with Crippen molar-refractivity contribution in [2.75, 3.05) is 19.2 Å². The zero-order valence-corrected chi connectivity index (χ0v) is 10.6. The second kappa shape index (κ2) is 5.87. The standard InChI is InChI=1S/C15H16N2O/c1-17(14-8-4-3-5-9-14)16-12-13-7-6-10-15(11-13)18-2/h3-12H,1-2H3/b16-12-. The minimum absolute atomic E-state index is 0.835. The molecule has 0 heterocycles. The predicted octanol–water partition coefficient (Wildman–Crippen LogP) is 3.17. The number of ether oxygens (including phenoxy) is 1. The van der Waals surface area contributed by atoms with E-state index in [1.54, 1.807) is 7.11 Å². The third kappa shape index (κ3) is 3.10. The van der Waals surface area contributed by atoms with E-state index in [2.05, 4.69) is 5.10 Å². The Bertz CT molecular complexity index is 523. The number of hydrogen-bond donors (Lipinski definition) is 0. The molecule has 2 rings (SSSR count). The monoisotopic (exact) mass is 240 g/mol. The minimum Gasteiger partial charge on any atom is -0.497 e. The molecule has 3 heteroatoms. The van der Waals surface area contributed by atoms with Crippen LogP contribution in [0.4, 0.5) is 5.69 Å². The highest BCUT2D eigenvalue weighted by Crippen LogP contribution is 2.13. The fourth-order valence-corrected chi connectivity index (χ4v) is 1.59. The summed E-state index contributed by atoms with van der Waals surface area (Å²) >= 11 is 0. The summed E-state index contributed by atoms with van der Waals surface area (Å²) in [5.74, 6) is 0.835. The maximum Gasteiger partial charge on any atom is 0.119 e. The Morgan fingerprint density at radius 1 is 1.06 bits per heavy atom. The number of hydrogen-bond acceptors (Lipinski definition) is 3. The molecule has 3 nitrogen and oxygen atoms in total. The van der Waals surface area contributed by atoms with Gasteiger partial charge in [-0.1, -0.05) is 30.3 Å². The Morgan fingerprint density at radius 3 is 2.56 bits per heavy atom. The first-order valence-electron chi connectivity index (χ1n) is 5.76. The first kappa shape index (κ1) is 12.2. The third-order valence-electron chi connectivity index (χ3n) is 2.60. The number of hydrazone groups is 1.